The Kier molecular flexibility index (Phi) is 6.14. The number of aromatic hydroxyl groups is 1. The van der Waals surface area contributed by atoms with Gasteiger partial charge >= 0.3 is 0 Å². The third-order valence-corrected chi connectivity index (χ3v) is 5.56. The fourth-order valence-corrected chi connectivity index (χ4v) is 3.94. The van der Waals surface area contributed by atoms with Gasteiger partial charge in [-0.05, 0) is 54.2 Å². The highest BCUT2D eigenvalue weighted by atomic mass is 35.5. The second-order valence-electron chi connectivity index (χ2n) is 5.51. The number of benzene rings is 2. The Balaban J connectivity index is 1.80. The minimum absolute atomic E-state index is 0.104. The molecule has 0 radical (unpaired) electrons. The molecule has 2 aromatic carbocycles. The average Bonchev–Trinajstić information content (AvgIpc) is 2.91. The predicted molar refractivity (Wildman–Crippen MR) is 114 cm³/mol. The molecule has 28 heavy (non-hydrogen) atoms. The van der Waals surface area contributed by atoms with Crippen LogP contribution in [0.3, 0.4) is 0 Å². The summed E-state index contributed by atoms with van der Waals surface area (Å²) in [6.45, 7) is 0. The van der Waals surface area contributed by atoms with E-state index in [1.165, 1.54) is 25.3 Å². The van der Waals surface area contributed by atoms with Crippen molar-refractivity contribution >= 4 is 69.4 Å². The molecule has 1 aliphatic rings. The summed E-state index contributed by atoms with van der Waals surface area (Å²) in [5.74, 6) is -1.04. The van der Waals surface area contributed by atoms with Crippen molar-refractivity contribution in [1.29, 1.82) is 0 Å². The van der Waals surface area contributed by atoms with Gasteiger partial charge in [-0.2, -0.15) is 5.01 Å². The highest BCUT2D eigenvalue weighted by Gasteiger charge is 2.34. The number of rotatable bonds is 4. The summed E-state index contributed by atoms with van der Waals surface area (Å²) in [5, 5.41) is 11.5. The third kappa shape index (κ3) is 4.25. The number of nitrogens with zero attached hydrogens (tertiary/aromatic N) is 1. The largest absolute Gasteiger partial charge is 0.504 e. The van der Waals surface area contributed by atoms with Crippen LogP contribution < -0.4 is 10.2 Å². The number of halogens is 2. The summed E-state index contributed by atoms with van der Waals surface area (Å²) >= 11 is 18.2. The van der Waals surface area contributed by atoms with Gasteiger partial charge in [-0.15, -0.1) is 0 Å². The van der Waals surface area contributed by atoms with Gasteiger partial charge in [0.25, 0.3) is 11.8 Å². The van der Waals surface area contributed by atoms with Crippen molar-refractivity contribution in [2.75, 3.05) is 7.11 Å². The number of nitrogens with one attached hydrogen (secondary N) is 1. The topological polar surface area (TPSA) is 78.9 Å². The number of hydrogen-bond acceptors (Lipinski definition) is 6. The lowest BCUT2D eigenvalue weighted by atomic mass is 10.2. The maximum atomic E-state index is 12.6. The molecule has 2 N–H and O–H groups in total. The fourth-order valence-electron chi connectivity index (χ4n) is 2.31. The molecular weight excluding hydrogens is 443 g/mol. The Morgan fingerprint density at radius 2 is 2.04 bits per heavy atom. The quantitative estimate of drug-likeness (QED) is 0.530. The van der Waals surface area contributed by atoms with Crippen LogP contribution >= 0.6 is 47.2 Å². The molecule has 2 aromatic rings. The van der Waals surface area contributed by atoms with Crippen LogP contribution in [-0.2, 0) is 4.79 Å². The molecule has 6 nitrogen and oxygen atoms in total. The fraction of sp³-hybridized carbons (Fsp3) is 0.0556. The van der Waals surface area contributed by atoms with Crippen molar-refractivity contribution in [1.82, 2.24) is 10.4 Å². The molecule has 0 atom stereocenters. The maximum Gasteiger partial charge on any atom is 0.285 e. The third-order valence-electron chi connectivity index (χ3n) is 3.70. The second-order valence-corrected chi connectivity index (χ2v) is 8.03. The van der Waals surface area contributed by atoms with E-state index in [-0.39, 0.29) is 21.4 Å². The molecule has 0 saturated carbocycles. The van der Waals surface area contributed by atoms with Crippen LogP contribution in [-0.4, -0.2) is 33.4 Å². The lowest BCUT2D eigenvalue weighted by Gasteiger charge is -2.16. The number of ether oxygens (including phenoxy) is 1. The van der Waals surface area contributed by atoms with Crippen molar-refractivity contribution in [2.24, 2.45) is 0 Å². The molecule has 0 aliphatic carbocycles. The molecular formula is C18H12Cl2N2O4S2. The number of amides is 2. The molecule has 1 aliphatic heterocycles. The van der Waals surface area contributed by atoms with Crippen LogP contribution in [0.25, 0.3) is 6.08 Å². The van der Waals surface area contributed by atoms with Crippen LogP contribution in [0.15, 0.2) is 41.3 Å². The first-order valence-electron chi connectivity index (χ1n) is 7.71. The van der Waals surface area contributed by atoms with Crippen LogP contribution in [0.2, 0.25) is 10.0 Å². The minimum atomic E-state index is -0.583. The number of thioether (sulfide) groups is 1. The van der Waals surface area contributed by atoms with Crippen molar-refractivity contribution < 1.29 is 19.4 Å². The highest BCUT2D eigenvalue weighted by Crippen LogP contribution is 2.33. The van der Waals surface area contributed by atoms with Crippen LogP contribution in [0.1, 0.15) is 15.9 Å². The first-order valence-corrected chi connectivity index (χ1v) is 9.69. The predicted octanol–water partition coefficient (Wildman–Crippen LogP) is 4.25. The molecule has 144 valence electrons. The molecule has 0 aromatic heterocycles. The van der Waals surface area contributed by atoms with E-state index < -0.39 is 11.8 Å². The normalized spacial score (nSPS) is 15.2. The Bertz CT molecular complexity index is 1030. The van der Waals surface area contributed by atoms with E-state index in [4.69, 9.17) is 40.2 Å². The van der Waals surface area contributed by atoms with E-state index >= 15 is 0 Å². The number of phenols is 1. The first kappa shape index (κ1) is 20.5. The van der Waals surface area contributed by atoms with Crippen molar-refractivity contribution in [3.8, 4) is 11.5 Å². The van der Waals surface area contributed by atoms with E-state index in [0.717, 1.165) is 16.8 Å². The SMILES string of the molecule is COc1cc(C(=O)NN2C(=O)C(=Cc3ccc(Cl)cc3Cl)SC2=S)ccc1O. The van der Waals surface area contributed by atoms with Crippen LogP contribution in [0, 0.1) is 0 Å². The maximum absolute atomic E-state index is 12.6. The summed E-state index contributed by atoms with van der Waals surface area (Å²) in [5.41, 5.74) is 3.24. The monoisotopic (exact) mass is 454 g/mol. The van der Waals surface area contributed by atoms with E-state index in [9.17, 15) is 14.7 Å². The number of hydrogen-bond donors (Lipinski definition) is 2. The molecule has 1 heterocycles. The Labute approximate surface area is 180 Å². The zero-order valence-corrected chi connectivity index (χ0v) is 17.4. The molecule has 10 heteroatoms. The summed E-state index contributed by atoms with van der Waals surface area (Å²) in [4.78, 5) is 25.4. The zero-order chi connectivity index (χ0) is 20.4. The molecule has 0 bridgehead atoms. The first-order chi connectivity index (χ1) is 13.3. The lowest BCUT2D eigenvalue weighted by molar-refractivity contribution is -0.123. The van der Waals surface area contributed by atoms with Crippen molar-refractivity contribution in [2.45, 2.75) is 0 Å². The molecule has 2 amide bonds. The van der Waals surface area contributed by atoms with E-state index in [1.54, 1.807) is 24.3 Å². The summed E-state index contributed by atoms with van der Waals surface area (Å²) in [6, 6.07) is 8.97. The van der Waals surface area contributed by atoms with Gasteiger partial charge in [0.1, 0.15) is 0 Å². The number of phenolic OH excluding ortho intramolecular Hbond substituents is 1. The molecule has 0 spiro atoms. The smallest absolute Gasteiger partial charge is 0.285 e. The van der Waals surface area contributed by atoms with E-state index in [2.05, 4.69) is 5.43 Å². The molecule has 1 fully saturated rings. The Morgan fingerprint density at radius 3 is 2.71 bits per heavy atom. The number of thiocarbonyl (C=S) groups is 1. The van der Waals surface area contributed by atoms with Crippen LogP contribution in [0.4, 0.5) is 0 Å². The van der Waals surface area contributed by atoms with Gasteiger partial charge in [-0.1, -0.05) is 41.0 Å². The number of carbonyl (C=O) groups excluding carboxylic acids is 2. The van der Waals surface area contributed by atoms with Gasteiger partial charge in [0.2, 0.25) is 0 Å². The standard InChI is InChI=1S/C18H12Cl2N2O4S2/c1-26-14-6-10(3-5-13(14)23)16(24)21-22-17(25)15(28-18(22)27)7-9-2-4-11(19)8-12(9)20/h2-8,23H,1H3,(H,21,24). The molecule has 3 rings (SSSR count). The minimum Gasteiger partial charge on any atom is -0.504 e. The lowest BCUT2D eigenvalue weighted by Crippen LogP contribution is -2.44. The van der Waals surface area contributed by atoms with Gasteiger partial charge in [0.05, 0.1) is 12.0 Å². The highest BCUT2D eigenvalue weighted by molar-refractivity contribution is 8.26. The Morgan fingerprint density at radius 1 is 1.29 bits per heavy atom. The average molecular weight is 455 g/mol. The van der Waals surface area contributed by atoms with E-state index in [0.29, 0.717) is 20.5 Å². The second kappa shape index (κ2) is 8.40. The summed E-state index contributed by atoms with van der Waals surface area (Å²) in [7, 11) is 1.37. The van der Waals surface area contributed by atoms with Gasteiger partial charge < -0.3 is 9.84 Å². The van der Waals surface area contributed by atoms with Gasteiger partial charge in [0, 0.05) is 15.6 Å². The van der Waals surface area contributed by atoms with E-state index in [1.807, 2.05) is 0 Å². The van der Waals surface area contributed by atoms with Crippen molar-refractivity contribution in [3.05, 3.63) is 62.5 Å². The van der Waals surface area contributed by atoms with Gasteiger partial charge in [0.15, 0.2) is 15.8 Å². The van der Waals surface area contributed by atoms with Gasteiger partial charge in [-0.25, -0.2) is 0 Å². The van der Waals surface area contributed by atoms with Gasteiger partial charge in [-0.3, -0.25) is 15.0 Å². The number of carbonyl (C=O) groups is 2. The molecule has 1 saturated heterocycles. The summed E-state index contributed by atoms with van der Waals surface area (Å²) < 4.78 is 5.15. The van der Waals surface area contributed by atoms with Crippen molar-refractivity contribution in [3.63, 3.8) is 0 Å². The van der Waals surface area contributed by atoms with Crippen LogP contribution in [0.5, 0.6) is 11.5 Å². The Hall–Kier alpha value is -2.26. The number of hydrazine groups is 1. The zero-order valence-electron chi connectivity index (χ0n) is 14.2. The number of methoxy groups -OCH3 is 1. The molecule has 0 unspecified atom stereocenters. The summed E-state index contributed by atoms with van der Waals surface area (Å²) in [6.07, 6.45) is 1.58.